The number of rotatable bonds is 3. The summed E-state index contributed by atoms with van der Waals surface area (Å²) in [5.41, 5.74) is 7.53. The van der Waals surface area contributed by atoms with Crippen molar-refractivity contribution in [3.8, 4) is 0 Å². The van der Waals surface area contributed by atoms with Gasteiger partial charge >= 0.3 is 0 Å². The van der Waals surface area contributed by atoms with E-state index < -0.39 is 5.82 Å². The van der Waals surface area contributed by atoms with Gasteiger partial charge in [-0.15, -0.1) is 0 Å². The second-order valence-corrected chi connectivity index (χ2v) is 4.97. The summed E-state index contributed by atoms with van der Waals surface area (Å²) in [4.78, 5) is 12.0. The molecule has 0 saturated heterocycles. The van der Waals surface area contributed by atoms with E-state index >= 15 is 0 Å². The Bertz CT molecular complexity index is 621. The number of benzene rings is 2. The Morgan fingerprint density at radius 1 is 1.15 bits per heavy atom. The molecule has 2 aromatic rings. The second kappa shape index (κ2) is 5.74. The molecule has 2 rings (SSSR count). The van der Waals surface area contributed by atoms with Gasteiger partial charge in [0.05, 0.1) is 5.69 Å². The van der Waals surface area contributed by atoms with Crippen molar-refractivity contribution in [3.05, 3.63) is 59.4 Å². The van der Waals surface area contributed by atoms with Crippen LogP contribution in [0.2, 0.25) is 0 Å². The Labute approximate surface area is 117 Å². The first-order valence-electron chi connectivity index (χ1n) is 6.43. The largest absolute Gasteiger partial charge is 0.396 e. The molecule has 0 spiro atoms. The van der Waals surface area contributed by atoms with Gasteiger partial charge in [-0.2, -0.15) is 0 Å². The van der Waals surface area contributed by atoms with E-state index in [-0.39, 0.29) is 11.6 Å². The standard InChI is InChI=1S/C16H17FN2O/c1-10(2)11-3-5-12(6-4-11)16(20)19-13-7-8-15(18)14(17)9-13/h3-10H,18H2,1-2H3,(H,19,20). The number of halogens is 1. The topological polar surface area (TPSA) is 55.1 Å². The molecule has 1 amide bonds. The van der Waals surface area contributed by atoms with Crippen LogP contribution in [0.1, 0.15) is 35.7 Å². The summed E-state index contributed by atoms with van der Waals surface area (Å²) in [5.74, 6) is -0.402. The van der Waals surface area contributed by atoms with Crippen molar-refractivity contribution in [2.75, 3.05) is 11.1 Å². The van der Waals surface area contributed by atoms with Crippen molar-refractivity contribution in [3.63, 3.8) is 0 Å². The summed E-state index contributed by atoms with van der Waals surface area (Å²) < 4.78 is 13.3. The molecule has 20 heavy (non-hydrogen) atoms. The Balaban J connectivity index is 2.13. The predicted octanol–water partition coefficient (Wildman–Crippen LogP) is 3.78. The maximum Gasteiger partial charge on any atom is 0.255 e. The minimum atomic E-state index is -0.544. The fraction of sp³-hybridized carbons (Fsp3) is 0.188. The van der Waals surface area contributed by atoms with Crippen LogP contribution in [0, 0.1) is 5.82 Å². The first kappa shape index (κ1) is 14.1. The molecule has 0 atom stereocenters. The molecule has 0 fully saturated rings. The number of nitrogen functional groups attached to an aromatic ring is 1. The lowest BCUT2D eigenvalue weighted by Gasteiger charge is -2.08. The highest BCUT2D eigenvalue weighted by Gasteiger charge is 2.08. The van der Waals surface area contributed by atoms with Crippen LogP contribution in [0.3, 0.4) is 0 Å². The number of anilines is 2. The third kappa shape index (κ3) is 3.15. The van der Waals surface area contributed by atoms with Gasteiger partial charge in [0, 0.05) is 11.3 Å². The molecule has 4 heteroatoms. The SMILES string of the molecule is CC(C)c1ccc(C(=O)Nc2ccc(N)c(F)c2)cc1. The van der Waals surface area contributed by atoms with Crippen molar-refractivity contribution in [2.45, 2.75) is 19.8 Å². The molecule has 0 aliphatic rings. The average molecular weight is 272 g/mol. The zero-order valence-corrected chi connectivity index (χ0v) is 11.5. The van der Waals surface area contributed by atoms with Crippen LogP contribution < -0.4 is 11.1 Å². The number of nitrogens with two attached hydrogens (primary N) is 1. The zero-order chi connectivity index (χ0) is 14.7. The summed E-state index contributed by atoms with van der Waals surface area (Å²) in [7, 11) is 0. The molecule has 104 valence electrons. The summed E-state index contributed by atoms with van der Waals surface area (Å²) in [6, 6.07) is 11.6. The van der Waals surface area contributed by atoms with Gasteiger partial charge in [-0.3, -0.25) is 4.79 Å². The van der Waals surface area contributed by atoms with Crippen LogP contribution >= 0.6 is 0 Å². The Morgan fingerprint density at radius 3 is 2.35 bits per heavy atom. The van der Waals surface area contributed by atoms with Crippen molar-refractivity contribution >= 4 is 17.3 Å². The molecule has 0 aliphatic heterocycles. The monoisotopic (exact) mass is 272 g/mol. The number of hydrogen-bond donors (Lipinski definition) is 2. The van der Waals surface area contributed by atoms with Gasteiger partial charge in [0.2, 0.25) is 0 Å². The number of nitrogens with one attached hydrogen (secondary N) is 1. The third-order valence-corrected chi connectivity index (χ3v) is 3.10. The normalized spacial score (nSPS) is 10.6. The zero-order valence-electron chi connectivity index (χ0n) is 11.5. The molecular weight excluding hydrogens is 255 g/mol. The third-order valence-electron chi connectivity index (χ3n) is 3.10. The smallest absolute Gasteiger partial charge is 0.255 e. The molecule has 0 aliphatic carbocycles. The molecule has 2 aromatic carbocycles. The van der Waals surface area contributed by atoms with Crippen LogP contribution in [0.4, 0.5) is 15.8 Å². The van der Waals surface area contributed by atoms with Gasteiger partial charge < -0.3 is 11.1 Å². The van der Waals surface area contributed by atoms with E-state index in [2.05, 4.69) is 19.2 Å². The maximum absolute atomic E-state index is 13.3. The van der Waals surface area contributed by atoms with Crippen molar-refractivity contribution in [2.24, 2.45) is 0 Å². The second-order valence-electron chi connectivity index (χ2n) is 4.97. The summed E-state index contributed by atoms with van der Waals surface area (Å²) in [6.07, 6.45) is 0. The first-order valence-corrected chi connectivity index (χ1v) is 6.43. The van der Waals surface area contributed by atoms with E-state index in [1.165, 1.54) is 17.7 Å². The summed E-state index contributed by atoms with van der Waals surface area (Å²) >= 11 is 0. The molecule has 0 bridgehead atoms. The summed E-state index contributed by atoms with van der Waals surface area (Å²) in [6.45, 7) is 4.18. The highest BCUT2D eigenvalue weighted by atomic mass is 19.1. The van der Waals surface area contributed by atoms with Gasteiger partial charge in [-0.1, -0.05) is 26.0 Å². The highest BCUT2D eigenvalue weighted by Crippen LogP contribution is 2.18. The highest BCUT2D eigenvalue weighted by molar-refractivity contribution is 6.04. The van der Waals surface area contributed by atoms with E-state index in [1.54, 1.807) is 18.2 Å². The van der Waals surface area contributed by atoms with Crippen molar-refractivity contribution in [1.29, 1.82) is 0 Å². The van der Waals surface area contributed by atoms with Gasteiger partial charge in [0.25, 0.3) is 5.91 Å². The minimum Gasteiger partial charge on any atom is -0.396 e. The molecule has 3 nitrogen and oxygen atoms in total. The van der Waals surface area contributed by atoms with Gasteiger partial charge in [-0.05, 0) is 41.8 Å². The fourth-order valence-corrected chi connectivity index (χ4v) is 1.83. The van der Waals surface area contributed by atoms with Crippen LogP contribution in [0.25, 0.3) is 0 Å². The average Bonchev–Trinajstić information content (AvgIpc) is 2.43. The minimum absolute atomic E-state index is 0.0595. The van der Waals surface area contributed by atoms with Crippen molar-refractivity contribution < 1.29 is 9.18 Å². The molecule has 0 radical (unpaired) electrons. The molecule has 0 unspecified atom stereocenters. The van der Waals surface area contributed by atoms with Crippen LogP contribution in [-0.2, 0) is 0 Å². The van der Waals surface area contributed by atoms with Crippen molar-refractivity contribution in [1.82, 2.24) is 0 Å². The molecule has 0 heterocycles. The van der Waals surface area contributed by atoms with E-state index in [9.17, 15) is 9.18 Å². The van der Waals surface area contributed by atoms with Crippen LogP contribution in [0.15, 0.2) is 42.5 Å². The predicted molar refractivity (Wildman–Crippen MR) is 79.3 cm³/mol. The Hall–Kier alpha value is -2.36. The van der Waals surface area contributed by atoms with E-state index in [1.807, 2.05) is 12.1 Å². The first-order chi connectivity index (χ1) is 9.47. The molecule has 0 saturated carbocycles. The number of carbonyl (C=O) groups is 1. The van der Waals surface area contributed by atoms with E-state index in [4.69, 9.17) is 5.73 Å². The van der Waals surface area contributed by atoms with Gasteiger partial charge in [0.15, 0.2) is 0 Å². The van der Waals surface area contributed by atoms with Crippen LogP contribution in [-0.4, -0.2) is 5.91 Å². The maximum atomic E-state index is 13.3. The number of amides is 1. The van der Waals surface area contributed by atoms with Crippen LogP contribution in [0.5, 0.6) is 0 Å². The molecule has 0 aromatic heterocycles. The molecule has 3 N–H and O–H groups in total. The summed E-state index contributed by atoms with van der Waals surface area (Å²) in [5, 5.41) is 2.64. The lowest BCUT2D eigenvalue weighted by atomic mass is 10.0. The molecular formula is C16H17FN2O. The fourth-order valence-electron chi connectivity index (χ4n) is 1.83. The lowest BCUT2D eigenvalue weighted by Crippen LogP contribution is -2.12. The van der Waals surface area contributed by atoms with Gasteiger partial charge in [0.1, 0.15) is 5.82 Å². The lowest BCUT2D eigenvalue weighted by molar-refractivity contribution is 0.102. The van der Waals surface area contributed by atoms with E-state index in [0.29, 0.717) is 17.2 Å². The van der Waals surface area contributed by atoms with Gasteiger partial charge in [-0.25, -0.2) is 4.39 Å². The number of hydrogen-bond acceptors (Lipinski definition) is 2. The quantitative estimate of drug-likeness (QED) is 0.835. The Morgan fingerprint density at radius 2 is 1.80 bits per heavy atom. The van der Waals surface area contributed by atoms with E-state index in [0.717, 1.165) is 0 Å². The Kier molecular flexibility index (Phi) is 4.03. The number of carbonyl (C=O) groups excluding carboxylic acids is 1.